The Morgan fingerprint density at radius 1 is 1.52 bits per heavy atom. The van der Waals surface area contributed by atoms with E-state index in [-0.39, 0.29) is 5.60 Å². The van der Waals surface area contributed by atoms with Crippen LogP contribution in [0.2, 0.25) is 0 Å². The van der Waals surface area contributed by atoms with E-state index >= 15 is 0 Å². The van der Waals surface area contributed by atoms with Gasteiger partial charge in [-0.15, -0.1) is 0 Å². The van der Waals surface area contributed by atoms with Crippen molar-refractivity contribution < 1.29 is 9.68 Å². The van der Waals surface area contributed by atoms with Crippen molar-refractivity contribution >= 4 is 23.6 Å². The van der Waals surface area contributed by atoms with Crippen molar-refractivity contribution in [3.8, 4) is 0 Å². The summed E-state index contributed by atoms with van der Waals surface area (Å²) in [6.45, 7) is 4.43. The second-order valence-electron chi connectivity index (χ2n) is 6.88. The number of pyridine rings is 1. The van der Waals surface area contributed by atoms with Gasteiger partial charge in [0.15, 0.2) is 0 Å². The Morgan fingerprint density at radius 3 is 3.19 bits per heavy atom. The number of nitrogens with zero attached hydrogens (tertiary/aromatic N) is 1. The third-order valence-electron chi connectivity index (χ3n) is 6.14. The van der Waals surface area contributed by atoms with Crippen LogP contribution in [0.25, 0.3) is 11.0 Å². The topological polar surface area (TPSA) is 70.2 Å². The molecule has 2 aliphatic heterocycles. The number of hydrogen-bond donors (Lipinski definition) is 3. The minimum atomic E-state index is -0.846. The van der Waals surface area contributed by atoms with E-state index in [2.05, 4.69) is 28.3 Å². The average molecular weight is 283 g/mol. The lowest BCUT2D eigenvalue weighted by Crippen LogP contribution is -2.59. The molecule has 3 atom stereocenters. The van der Waals surface area contributed by atoms with Gasteiger partial charge in [0.25, 0.3) is 0 Å². The molecule has 2 fully saturated rings. The molecule has 3 N–H and O–H groups in total. The van der Waals surface area contributed by atoms with Gasteiger partial charge in [0.05, 0.1) is 5.60 Å². The maximum absolute atomic E-state index is 10.3. The van der Waals surface area contributed by atoms with Gasteiger partial charge >= 0.3 is 7.12 Å². The van der Waals surface area contributed by atoms with Crippen molar-refractivity contribution in [1.29, 1.82) is 0 Å². The first-order chi connectivity index (χ1) is 10.2. The number of nitrogens with one attached hydrogen (secondary N) is 2. The lowest BCUT2D eigenvalue weighted by molar-refractivity contribution is -0.168. The molecular weight excluding hydrogens is 265 g/mol. The Kier molecular flexibility index (Phi) is 2.14. The zero-order chi connectivity index (χ0) is 14.2. The summed E-state index contributed by atoms with van der Waals surface area (Å²) in [6, 6.07) is 2.05. The minimum absolute atomic E-state index is 0.327. The lowest BCUT2D eigenvalue weighted by atomic mass is 9.49. The van der Waals surface area contributed by atoms with Crippen LogP contribution in [0.5, 0.6) is 0 Å². The van der Waals surface area contributed by atoms with Crippen molar-refractivity contribution in [3.63, 3.8) is 0 Å². The molecule has 3 unspecified atom stereocenters. The Hall–Kier alpha value is -1.37. The Balaban J connectivity index is 1.70. The summed E-state index contributed by atoms with van der Waals surface area (Å²) in [7, 11) is -0.846. The maximum Gasteiger partial charge on any atom is 0.493 e. The number of fused-ring (bicyclic) bond motifs is 4. The van der Waals surface area contributed by atoms with Gasteiger partial charge in [-0.2, -0.15) is 0 Å². The molecule has 1 saturated heterocycles. The highest BCUT2D eigenvalue weighted by atomic mass is 16.5. The SMILES string of the molecule is CC1C2(CCNC2)CC12OB(O)c1cnc3[nH]ccc3c12. The van der Waals surface area contributed by atoms with E-state index in [9.17, 15) is 5.02 Å². The fourth-order valence-corrected chi connectivity index (χ4v) is 4.93. The summed E-state index contributed by atoms with van der Waals surface area (Å²) in [4.78, 5) is 7.56. The predicted molar refractivity (Wildman–Crippen MR) is 80.2 cm³/mol. The van der Waals surface area contributed by atoms with Crippen LogP contribution in [0.4, 0.5) is 0 Å². The molecule has 3 aliphatic rings. The first-order valence-corrected chi connectivity index (χ1v) is 7.69. The number of hydrogen-bond acceptors (Lipinski definition) is 4. The van der Waals surface area contributed by atoms with Gasteiger partial charge in [-0.1, -0.05) is 6.92 Å². The molecule has 0 bridgehead atoms. The van der Waals surface area contributed by atoms with Gasteiger partial charge in [-0.05, 0) is 42.3 Å². The van der Waals surface area contributed by atoms with E-state index in [1.54, 1.807) is 6.20 Å². The second-order valence-corrected chi connectivity index (χ2v) is 6.88. The Morgan fingerprint density at radius 2 is 2.43 bits per heavy atom. The molecule has 21 heavy (non-hydrogen) atoms. The van der Waals surface area contributed by atoms with Crippen LogP contribution in [-0.4, -0.2) is 35.2 Å². The number of H-pyrrole nitrogens is 1. The highest BCUT2D eigenvalue weighted by Gasteiger charge is 2.67. The molecule has 2 aromatic heterocycles. The molecule has 5 nitrogen and oxygen atoms in total. The predicted octanol–water partition coefficient (Wildman–Crippen LogP) is 0.495. The van der Waals surface area contributed by atoms with E-state index in [4.69, 9.17) is 4.65 Å². The van der Waals surface area contributed by atoms with Gasteiger partial charge in [-0.25, -0.2) is 4.98 Å². The normalized spacial score (nSPS) is 37.6. The zero-order valence-corrected chi connectivity index (χ0v) is 12.0. The molecule has 2 aromatic rings. The monoisotopic (exact) mass is 283 g/mol. The fourth-order valence-electron chi connectivity index (χ4n) is 4.93. The number of aromatic amines is 1. The molecule has 2 spiro atoms. The molecular formula is C15H18BN3O2. The summed E-state index contributed by atoms with van der Waals surface area (Å²) < 4.78 is 6.11. The van der Waals surface area contributed by atoms with Gasteiger partial charge in [0, 0.05) is 29.8 Å². The van der Waals surface area contributed by atoms with Gasteiger partial charge in [0.2, 0.25) is 0 Å². The highest BCUT2D eigenvalue weighted by molar-refractivity contribution is 6.62. The van der Waals surface area contributed by atoms with Crippen LogP contribution in [0, 0.1) is 11.3 Å². The van der Waals surface area contributed by atoms with Crippen LogP contribution in [0.1, 0.15) is 25.3 Å². The quantitative estimate of drug-likeness (QED) is 0.616. The minimum Gasteiger partial charge on any atom is -0.423 e. The molecule has 4 heterocycles. The molecule has 6 heteroatoms. The summed E-state index contributed by atoms with van der Waals surface area (Å²) in [6.07, 6.45) is 5.86. The summed E-state index contributed by atoms with van der Waals surface area (Å²) >= 11 is 0. The van der Waals surface area contributed by atoms with Crippen molar-refractivity contribution in [2.45, 2.75) is 25.4 Å². The van der Waals surface area contributed by atoms with Crippen LogP contribution >= 0.6 is 0 Å². The number of rotatable bonds is 0. The zero-order valence-electron chi connectivity index (χ0n) is 12.0. The summed E-state index contributed by atoms with van der Waals surface area (Å²) in [5, 5.41) is 14.9. The smallest absolute Gasteiger partial charge is 0.423 e. The summed E-state index contributed by atoms with van der Waals surface area (Å²) in [5.74, 6) is 0.399. The van der Waals surface area contributed by atoms with Crippen LogP contribution < -0.4 is 10.8 Å². The third kappa shape index (κ3) is 1.27. The van der Waals surface area contributed by atoms with E-state index < -0.39 is 7.12 Å². The molecule has 0 radical (unpaired) electrons. The van der Waals surface area contributed by atoms with E-state index in [1.165, 1.54) is 6.42 Å². The van der Waals surface area contributed by atoms with Gasteiger partial charge < -0.3 is 20.0 Å². The van der Waals surface area contributed by atoms with E-state index in [0.29, 0.717) is 11.3 Å². The highest BCUT2D eigenvalue weighted by Crippen LogP contribution is 2.65. The average Bonchev–Trinajstić information content (AvgIpc) is 3.18. The van der Waals surface area contributed by atoms with E-state index in [1.807, 2.05) is 6.20 Å². The first kappa shape index (κ1) is 12.2. The largest absolute Gasteiger partial charge is 0.493 e. The van der Waals surface area contributed by atoms with Gasteiger partial charge in [-0.3, -0.25) is 0 Å². The Labute approximate surface area is 123 Å². The molecule has 5 rings (SSSR count). The van der Waals surface area contributed by atoms with Crippen LogP contribution in [0.15, 0.2) is 18.5 Å². The molecule has 1 saturated carbocycles. The second kappa shape index (κ2) is 3.69. The number of aromatic nitrogens is 2. The van der Waals surface area contributed by atoms with Crippen LogP contribution in [-0.2, 0) is 10.3 Å². The molecule has 0 aromatic carbocycles. The third-order valence-corrected chi connectivity index (χ3v) is 6.14. The standard InChI is InChI=1S/C15H18BN3O2/c1-9-14(3-5-17-8-14)7-15(9)12-10-2-4-18-13(10)19-6-11(12)16(20)21-15/h2,4,6,9,17,20H,3,5,7-8H2,1H3,(H,18,19). The van der Waals surface area contributed by atoms with Crippen molar-refractivity contribution in [2.24, 2.45) is 11.3 Å². The molecule has 0 amide bonds. The Bertz CT molecular complexity index is 740. The molecule has 108 valence electrons. The van der Waals surface area contributed by atoms with Crippen molar-refractivity contribution in [3.05, 3.63) is 24.0 Å². The van der Waals surface area contributed by atoms with E-state index in [0.717, 1.165) is 41.6 Å². The van der Waals surface area contributed by atoms with Crippen LogP contribution in [0.3, 0.4) is 0 Å². The molecule has 1 aliphatic carbocycles. The van der Waals surface area contributed by atoms with Crippen molar-refractivity contribution in [1.82, 2.24) is 15.3 Å². The summed E-state index contributed by atoms with van der Waals surface area (Å²) in [5.41, 5.74) is 2.86. The van der Waals surface area contributed by atoms with Gasteiger partial charge in [0.1, 0.15) is 5.65 Å². The lowest BCUT2D eigenvalue weighted by Gasteiger charge is -2.59. The first-order valence-electron chi connectivity index (χ1n) is 7.69. The maximum atomic E-state index is 10.3. The fraction of sp³-hybridized carbons (Fsp3) is 0.533. The van der Waals surface area contributed by atoms with Crippen molar-refractivity contribution in [2.75, 3.05) is 13.1 Å².